The van der Waals surface area contributed by atoms with Gasteiger partial charge in [-0.2, -0.15) is 0 Å². The number of hydrogen-bond acceptors (Lipinski definition) is 4. The van der Waals surface area contributed by atoms with Crippen LogP contribution >= 0.6 is 0 Å². The van der Waals surface area contributed by atoms with Gasteiger partial charge in [-0.05, 0) is 31.4 Å². The lowest BCUT2D eigenvalue weighted by Crippen LogP contribution is -2.16. The highest BCUT2D eigenvalue weighted by molar-refractivity contribution is 5.55. The Kier molecular flexibility index (Phi) is 4.70. The first kappa shape index (κ1) is 13.0. The van der Waals surface area contributed by atoms with Crippen molar-refractivity contribution < 1.29 is 14.2 Å². The summed E-state index contributed by atoms with van der Waals surface area (Å²) in [4.78, 5) is 0. The normalized spacial score (nSPS) is 18.8. The maximum absolute atomic E-state index is 5.84. The fourth-order valence-corrected chi connectivity index (χ4v) is 1.91. The number of benzene rings is 1. The molecule has 4 heteroatoms. The average molecular weight is 251 g/mol. The average Bonchev–Trinajstić information content (AvgIpc) is 2.89. The highest BCUT2D eigenvalue weighted by Gasteiger charge is 2.16. The Morgan fingerprint density at radius 3 is 3.00 bits per heavy atom. The van der Waals surface area contributed by atoms with Gasteiger partial charge in [0.25, 0.3) is 0 Å². The van der Waals surface area contributed by atoms with E-state index in [2.05, 4.69) is 6.92 Å². The summed E-state index contributed by atoms with van der Waals surface area (Å²) in [6, 6.07) is 5.53. The minimum Gasteiger partial charge on any atom is -0.491 e. The van der Waals surface area contributed by atoms with Crippen molar-refractivity contribution in [1.82, 2.24) is 0 Å². The van der Waals surface area contributed by atoms with Crippen LogP contribution in [0.1, 0.15) is 26.2 Å². The van der Waals surface area contributed by atoms with Gasteiger partial charge in [0.05, 0.1) is 18.4 Å². The van der Waals surface area contributed by atoms with Gasteiger partial charge in [0.15, 0.2) is 0 Å². The molecule has 2 rings (SSSR count). The summed E-state index contributed by atoms with van der Waals surface area (Å²) in [6.07, 6.45) is 3.39. The Bertz CT molecular complexity index is 375. The minimum absolute atomic E-state index is 0.225. The monoisotopic (exact) mass is 251 g/mol. The lowest BCUT2D eigenvalue weighted by atomic mass is 10.2. The molecule has 1 unspecified atom stereocenters. The van der Waals surface area contributed by atoms with Crippen molar-refractivity contribution >= 4 is 5.69 Å². The van der Waals surface area contributed by atoms with Crippen LogP contribution in [0.15, 0.2) is 18.2 Å². The summed E-state index contributed by atoms with van der Waals surface area (Å²) in [5.74, 6) is 1.48. The fraction of sp³-hybridized carbons (Fsp3) is 0.571. The predicted octanol–water partition coefficient (Wildman–Crippen LogP) is 2.62. The zero-order chi connectivity index (χ0) is 12.8. The quantitative estimate of drug-likeness (QED) is 0.790. The van der Waals surface area contributed by atoms with Crippen LogP contribution in [0, 0.1) is 0 Å². The molecule has 0 amide bonds. The van der Waals surface area contributed by atoms with Crippen molar-refractivity contribution in [3.05, 3.63) is 18.2 Å². The molecular weight excluding hydrogens is 230 g/mol. The Balaban J connectivity index is 1.91. The molecule has 1 heterocycles. The van der Waals surface area contributed by atoms with Crippen LogP contribution in [-0.2, 0) is 4.74 Å². The molecule has 1 aromatic carbocycles. The Labute approximate surface area is 108 Å². The number of nitrogen functional groups attached to an aromatic ring is 1. The third-order valence-electron chi connectivity index (χ3n) is 2.91. The number of anilines is 1. The van der Waals surface area contributed by atoms with Crippen LogP contribution in [0.2, 0.25) is 0 Å². The van der Waals surface area contributed by atoms with Gasteiger partial charge in [0, 0.05) is 12.7 Å². The van der Waals surface area contributed by atoms with E-state index in [1.54, 1.807) is 0 Å². The molecule has 0 radical (unpaired) electrons. The summed E-state index contributed by atoms with van der Waals surface area (Å²) in [5, 5.41) is 0. The molecule has 0 aliphatic carbocycles. The molecule has 1 aliphatic rings. The first-order valence-electron chi connectivity index (χ1n) is 6.56. The summed E-state index contributed by atoms with van der Waals surface area (Å²) in [7, 11) is 0. The maximum atomic E-state index is 5.84. The lowest BCUT2D eigenvalue weighted by Gasteiger charge is -2.13. The standard InChI is InChI=1S/C14H21NO3/c1-2-7-17-14-9-11(5-6-13(14)15)18-10-12-4-3-8-16-12/h5-6,9,12H,2-4,7-8,10,15H2,1H3. The summed E-state index contributed by atoms with van der Waals surface area (Å²) in [5.41, 5.74) is 6.49. The van der Waals surface area contributed by atoms with Gasteiger partial charge in [-0.1, -0.05) is 6.92 Å². The van der Waals surface area contributed by atoms with Gasteiger partial charge in [-0.15, -0.1) is 0 Å². The van der Waals surface area contributed by atoms with Gasteiger partial charge < -0.3 is 19.9 Å². The second-order valence-corrected chi connectivity index (χ2v) is 4.49. The van der Waals surface area contributed by atoms with Gasteiger partial charge in [-0.3, -0.25) is 0 Å². The molecule has 0 saturated carbocycles. The molecule has 4 nitrogen and oxygen atoms in total. The van der Waals surface area contributed by atoms with Crippen LogP contribution < -0.4 is 15.2 Å². The molecule has 2 N–H and O–H groups in total. The molecule has 1 saturated heterocycles. The summed E-state index contributed by atoms with van der Waals surface area (Å²) in [6.45, 7) is 4.17. The van der Waals surface area contributed by atoms with E-state index < -0.39 is 0 Å². The molecule has 1 aliphatic heterocycles. The molecule has 1 atom stereocenters. The highest BCUT2D eigenvalue weighted by atomic mass is 16.5. The van der Waals surface area contributed by atoms with Crippen molar-refractivity contribution in [2.24, 2.45) is 0 Å². The minimum atomic E-state index is 0.225. The molecular formula is C14H21NO3. The van der Waals surface area contributed by atoms with E-state index in [0.29, 0.717) is 24.7 Å². The van der Waals surface area contributed by atoms with E-state index in [4.69, 9.17) is 19.9 Å². The van der Waals surface area contributed by atoms with Gasteiger partial charge in [0.2, 0.25) is 0 Å². The van der Waals surface area contributed by atoms with Crippen molar-refractivity contribution in [3.63, 3.8) is 0 Å². The lowest BCUT2D eigenvalue weighted by molar-refractivity contribution is 0.0678. The third-order valence-corrected chi connectivity index (χ3v) is 2.91. The van der Waals surface area contributed by atoms with E-state index in [0.717, 1.165) is 31.6 Å². The number of nitrogens with two attached hydrogens (primary N) is 1. The van der Waals surface area contributed by atoms with Crippen molar-refractivity contribution in [2.45, 2.75) is 32.3 Å². The van der Waals surface area contributed by atoms with Crippen LogP contribution in [-0.4, -0.2) is 25.9 Å². The molecule has 100 valence electrons. The molecule has 1 aromatic rings. The topological polar surface area (TPSA) is 53.7 Å². The maximum Gasteiger partial charge on any atom is 0.145 e. The van der Waals surface area contributed by atoms with Crippen LogP contribution in [0.3, 0.4) is 0 Å². The van der Waals surface area contributed by atoms with E-state index >= 15 is 0 Å². The second kappa shape index (κ2) is 6.50. The predicted molar refractivity (Wildman–Crippen MR) is 71.1 cm³/mol. The van der Waals surface area contributed by atoms with Crippen molar-refractivity contribution in [2.75, 3.05) is 25.6 Å². The van der Waals surface area contributed by atoms with Gasteiger partial charge >= 0.3 is 0 Å². The van der Waals surface area contributed by atoms with Gasteiger partial charge in [-0.25, -0.2) is 0 Å². The zero-order valence-electron chi connectivity index (χ0n) is 10.9. The first-order chi connectivity index (χ1) is 8.79. The number of hydrogen-bond donors (Lipinski definition) is 1. The van der Waals surface area contributed by atoms with E-state index in [-0.39, 0.29) is 6.10 Å². The smallest absolute Gasteiger partial charge is 0.145 e. The molecule has 18 heavy (non-hydrogen) atoms. The first-order valence-corrected chi connectivity index (χ1v) is 6.56. The molecule has 0 bridgehead atoms. The number of rotatable bonds is 6. The Hall–Kier alpha value is -1.42. The van der Waals surface area contributed by atoms with Crippen molar-refractivity contribution in [1.29, 1.82) is 0 Å². The van der Waals surface area contributed by atoms with Crippen LogP contribution in [0.25, 0.3) is 0 Å². The summed E-state index contributed by atoms with van der Waals surface area (Å²) >= 11 is 0. The second-order valence-electron chi connectivity index (χ2n) is 4.49. The van der Waals surface area contributed by atoms with Crippen molar-refractivity contribution in [3.8, 4) is 11.5 Å². The molecule has 0 aromatic heterocycles. The van der Waals surface area contributed by atoms with E-state index in [1.165, 1.54) is 0 Å². The molecule has 1 fully saturated rings. The SMILES string of the molecule is CCCOc1cc(OCC2CCCO2)ccc1N. The number of ether oxygens (including phenoxy) is 3. The van der Waals surface area contributed by atoms with E-state index in [1.807, 2.05) is 18.2 Å². The molecule has 0 spiro atoms. The highest BCUT2D eigenvalue weighted by Crippen LogP contribution is 2.27. The van der Waals surface area contributed by atoms with Gasteiger partial charge in [0.1, 0.15) is 18.1 Å². The largest absolute Gasteiger partial charge is 0.491 e. The van der Waals surface area contributed by atoms with Crippen LogP contribution in [0.5, 0.6) is 11.5 Å². The zero-order valence-corrected chi connectivity index (χ0v) is 10.9. The summed E-state index contributed by atoms with van der Waals surface area (Å²) < 4.78 is 16.8. The third kappa shape index (κ3) is 3.53. The van der Waals surface area contributed by atoms with E-state index in [9.17, 15) is 0 Å². The fourth-order valence-electron chi connectivity index (χ4n) is 1.91. The Morgan fingerprint density at radius 1 is 1.39 bits per heavy atom. The van der Waals surface area contributed by atoms with Crippen LogP contribution in [0.4, 0.5) is 5.69 Å². The Morgan fingerprint density at radius 2 is 2.28 bits per heavy atom.